The summed E-state index contributed by atoms with van der Waals surface area (Å²) in [6.45, 7) is 0.452. The van der Waals surface area contributed by atoms with E-state index in [2.05, 4.69) is 15.0 Å². The molecule has 0 spiro atoms. The number of aliphatic hydroxyl groups excluding tert-OH is 3. The second-order valence-electron chi connectivity index (χ2n) is 11.3. The average Bonchev–Trinajstić information content (AvgIpc) is 3.72. The summed E-state index contributed by atoms with van der Waals surface area (Å²) in [6, 6.07) is 8.17. The first kappa shape index (κ1) is 32.6. The Balaban J connectivity index is 1.20. The molecule has 0 aromatic heterocycles. The lowest BCUT2D eigenvalue weighted by Gasteiger charge is -2.46. The number of aliphatic hydroxyl groups is 4. The summed E-state index contributed by atoms with van der Waals surface area (Å²) in [5.74, 6) is -2.16. The zero-order valence-electron chi connectivity index (χ0n) is 25.5. The molecule has 16 nitrogen and oxygen atoms in total. The van der Waals surface area contributed by atoms with E-state index in [-0.39, 0.29) is 40.8 Å². The van der Waals surface area contributed by atoms with Crippen molar-refractivity contribution in [2.24, 2.45) is 15.0 Å². The van der Waals surface area contributed by atoms with Gasteiger partial charge in [0.25, 0.3) is 0 Å². The van der Waals surface area contributed by atoms with Crippen LogP contribution < -0.4 is 24.4 Å². The number of phenols is 1. The molecule has 4 aliphatic heterocycles. The molecule has 1 fully saturated rings. The van der Waals surface area contributed by atoms with Crippen LogP contribution in [-0.2, 0) is 9.53 Å². The van der Waals surface area contributed by atoms with Crippen LogP contribution in [0.4, 0.5) is 0 Å². The van der Waals surface area contributed by atoms with E-state index >= 15 is 0 Å². The van der Waals surface area contributed by atoms with Gasteiger partial charge in [-0.3, -0.25) is 10.4 Å². The quantitative estimate of drug-likeness (QED) is 0.166. The lowest BCUT2D eigenvalue weighted by atomic mass is 9.80. The van der Waals surface area contributed by atoms with E-state index in [1.807, 2.05) is 6.08 Å². The largest absolute Gasteiger partial charge is 0.507 e. The van der Waals surface area contributed by atoms with E-state index in [1.54, 1.807) is 30.3 Å². The smallest absolute Gasteiger partial charge is 0.336 e. The van der Waals surface area contributed by atoms with Crippen molar-refractivity contribution < 1.29 is 64.5 Å². The molecule has 6 rings (SSSR count). The van der Waals surface area contributed by atoms with Gasteiger partial charge in [-0.1, -0.05) is 12.1 Å². The predicted molar refractivity (Wildman–Crippen MR) is 168 cm³/mol. The fourth-order valence-electron chi connectivity index (χ4n) is 5.74. The summed E-state index contributed by atoms with van der Waals surface area (Å²) in [4.78, 5) is 24.2. The van der Waals surface area contributed by atoms with Crippen LogP contribution >= 0.6 is 0 Å². The number of carboxylic acid groups (broad SMARTS) is 1. The maximum atomic E-state index is 12.2. The summed E-state index contributed by atoms with van der Waals surface area (Å²) in [7, 11) is 1.20. The Labute approximate surface area is 272 Å². The van der Waals surface area contributed by atoms with Gasteiger partial charge in [0.15, 0.2) is 23.3 Å². The van der Waals surface area contributed by atoms with Crippen molar-refractivity contribution in [2.45, 2.75) is 49.1 Å². The molecule has 2 aromatic rings. The number of phenolic OH excluding ortho intramolecular Hbond substituents is 1. The monoisotopic (exact) mass is 665 g/mol. The number of aromatic hydroxyl groups is 1. The van der Waals surface area contributed by atoms with Crippen LogP contribution in [-0.4, -0.2) is 111 Å². The van der Waals surface area contributed by atoms with E-state index in [4.69, 9.17) is 29.1 Å². The van der Waals surface area contributed by atoms with Gasteiger partial charge in [0, 0.05) is 36.8 Å². The number of aliphatic carboxylic acids is 1. The third-order valence-electron chi connectivity index (χ3n) is 8.15. The number of fused-ring (bicyclic) bond motifs is 1. The molecule has 1 saturated heterocycles. The lowest BCUT2D eigenvalue weighted by Crippen LogP contribution is -2.69. The second-order valence-corrected chi connectivity index (χ2v) is 11.3. The molecule has 1 unspecified atom stereocenters. The number of amidine groups is 1. The first-order valence-corrected chi connectivity index (χ1v) is 14.8. The second kappa shape index (κ2) is 13.1. The summed E-state index contributed by atoms with van der Waals surface area (Å²) < 4.78 is 28.4. The number of methoxy groups -OCH3 is 1. The van der Waals surface area contributed by atoms with Crippen molar-refractivity contribution in [1.29, 1.82) is 0 Å². The van der Waals surface area contributed by atoms with Gasteiger partial charge in [0.1, 0.15) is 53.1 Å². The predicted octanol–water partition coefficient (Wildman–Crippen LogP) is -0.115. The highest BCUT2D eigenvalue weighted by atomic mass is 16.7. The summed E-state index contributed by atoms with van der Waals surface area (Å²) in [5.41, 5.74) is -0.880. The Kier molecular flexibility index (Phi) is 8.89. The number of carboxylic acids is 1. The minimum Gasteiger partial charge on any atom is -0.507 e. The van der Waals surface area contributed by atoms with Crippen molar-refractivity contribution in [3.8, 4) is 28.7 Å². The maximum Gasteiger partial charge on any atom is 0.336 e. The fraction of sp³-hybridized carbons (Fsp3) is 0.344. The van der Waals surface area contributed by atoms with Crippen molar-refractivity contribution in [1.82, 2.24) is 0 Å². The molecule has 252 valence electrons. The third-order valence-corrected chi connectivity index (χ3v) is 8.15. The van der Waals surface area contributed by atoms with Crippen LogP contribution in [0.5, 0.6) is 28.7 Å². The Bertz CT molecular complexity index is 1770. The summed E-state index contributed by atoms with van der Waals surface area (Å²) in [6.07, 6.45) is -2.51. The number of hydrogen-bond donors (Lipinski definition) is 7. The van der Waals surface area contributed by atoms with Gasteiger partial charge in [0.05, 0.1) is 20.3 Å². The molecule has 0 amide bonds. The first-order chi connectivity index (χ1) is 23.0. The minimum atomic E-state index is -2.48. The highest BCUT2D eigenvalue weighted by Crippen LogP contribution is 2.51. The molecule has 48 heavy (non-hydrogen) atoms. The molecule has 0 radical (unpaired) electrons. The molecule has 16 heteroatoms. The molecule has 0 bridgehead atoms. The summed E-state index contributed by atoms with van der Waals surface area (Å²) in [5, 5.41) is 70.6. The van der Waals surface area contributed by atoms with Crippen molar-refractivity contribution in [2.75, 3.05) is 20.3 Å². The standard InChI is InChI=1S/C32H32N4O12/c1-44-27-22(47-31-26(39)28(40)32(43,29(48-31)30(41)42)12-17-13-34-14-35-17)11-21-24(25(27)38)19(37)10-20(46-21)15-2-5-18(6-3-15)45-9-8-16-4-7-23(33)36-16/h2-7,10-11,14,20,26,28-29,31,33,37-40,43H,8-9,12-13H2,1H3,(H,41,42)/p+1/t20?,26-,28+,29-,31-,32+/m1/s1. The number of nitrogens with zero attached hydrogens (tertiary/aromatic N) is 3. The molecular weight excluding hydrogens is 632 g/mol. The van der Waals surface area contributed by atoms with Crippen LogP contribution in [0.1, 0.15) is 30.1 Å². The number of allylic oxidation sites excluding steroid dienone is 1. The van der Waals surface area contributed by atoms with Gasteiger partial charge >= 0.3 is 11.8 Å². The van der Waals surface area contributed by atoms with Crippen LogP contribution in [0.25, 0.3) is 5.76 Å². The van der Waals surface area contributed by atoms with Gasteiger partial charge in [-0.25, -0.2) is 9.79 Å². The van der Waals surface area contributed by atoms with Gasteiger partial charge in [-0.2, -0.15) is 0 Å². The van der Waals surface area contributed by atoms with Gasteiger partial charge < -0.3 is 54.3 Å². The van der Waals surface area contributed by atoms with E-state index in [9.17, 15) is 35.4 Å². The normalized spacial score (nSPS) is 27.5. The lowest BCUT2D eigenvalue weighted by molar-refractivity contribution is -0.303. The molecule has 4 heterocycles. The van der Waals surface area contributed by atoms with Gasteiger partial charge in [0.2, 0.25) is 12.0 Å². The zero-order chi connectivity index (χ0) is 34.2. The first-order valence-electron chi connectivity index (χ1n) is 14.8. The van der Waals surface area contributed by atoms with E-state index in [0.717, 1.165) is 5.71 Å². The molecule has 0 aliphatic carbocycles. The van der Waals surface area contributed by atoms with Crippen LogP contribution in [0.15, 0.2) is 63.5 Å². The SMILES string of the molecule is COc1c(O[C@@H]2O[C@H](C(=O)O)[C@](O)(CC3=NC=NC3)[C@@H](O)[C@H]2O)cc2c(c1O)C(O)=CC(c1ccc(OCCC3=NC(=[NH2+])C=C3)cc1)O2. The molecule has 0 saturated carbocycles. The molecule has 8 N–H and O–H groups in total. The Morgan fingerprint density at radius 1 is 1.17 bits per heavy atom. The number of rotatable bonds is 11. The van der Waals surface area contributed by atoms with Crippen LogP contribution in [0.2, 0.25) is 0 Å². The van der Waals surface area contributed by atoms with E-state index in [0.29, 0.717) is 30.2 Å². The number of aliphatic imine (C=N–C) groups is 3. The highest BCUT2D eigenvalue weighted by molar-refractivity contribution is 6.13. The number of benzene rings is 2. The number of nitrogens with two attached hydrogens (primary N) is 1. The molecule has 6 atom stereocenters. The van der Waals surface area contributed by atoms with Crippen molar-refractivity contribution in [3.05, 3.63) is 59.7 Å². The topological polar surface area (TPSA) is 247 Å². The van der Waals surface area contributed by atoms with Crippen molar-refractivity contribution in [3.63, 3.8) is 0 Å². The summed E-state index contributed by atoms with van der Waals surface area (Å²) >= 11 is 0. The minimum absolute atomic E-state index is 0.0496. The highest BCUT2D eigenvalue weighted by Gasteiger charge is 2.59. The third kappa shape index (κ3) is 6.21. The molecule has 4 aliphatic rings. The van der Waals surface area contributed by atoms with Crippen LogP contribution in [0.3, 0.4) is 0 Å². The zero-order valence-corrected chi connectivity index (χ0v) is 25.5. The van der Waals surface area contributed by atoms with Crippen LogP contribution in [0, 0.1) is 0 Å². The molecule has 2 aromatic carbocycles. The maximum absolute atomic E-state index is 12.2. The van der Waals surface area contributed by atoms with E-state index in [1.165, 1.54) is 25.6 Å². The van der Waals surface area contributed by atoms with E-state index < -0.39 is 54.4 Å². The molecular formula is C32H33N4O12+. The Morgan fingerprint density at radius 3 is 2.58 bits per heavy atom. The number of carbonyl (C=O) groups is 1. The Hall–Kier alpha value is -5.29. The van der Waals surface area contributed by atoms with Gasteiger partial charge in [-0.15, -0.1) is 0 Å². The Morgan fingerprint density at radius 2 is 1.94 bits per heavy atom. The fourth-order valence-corrected chi connectivity index (χ4v) is 5.74. The number of ether oxygens (including phenoxy) is 5. The average molecular weight is 666 g/mol. The van der Waals surface area contributed by atoms with Crippen molar-refractivity contribution >= 4 is 35.3 Å². The number of hydrogen-bond acceptors (Lipinski definition) is 13. The van der Waals surface area contributed by atoms with Gasteiger partial charge in [-0.05, 0) is 28.8 Å².